The van der Waals surface area contributed by atoms with E-state index in [1.165, 1.54) is 11.8 Å². The van der Waals surface area contributed by atoms with Gasteiger partial charge in [-0.15, -0.1) is 21.5 Å². The molecule has 3 aromatic rings. The first kappa shape index (κ1) is 17.6. The van der Waals surface area contributed by atoms with Crippen molar-refractivity contribution in [2.24, 2.45) is 0 Å². The van der Waals surface area contributed by atoms with Crippen LogP contribution in [0.25, 0.3) is 0 Å². The van der Waals surface area contributed by atoms with Gasteiger partial charge in [0.05, 0.1) is 17.1 Å². The molecular weight excluding hydrogens is 356 g/mol. The van der Waals surface area contributed by atoms with Crippen molar-refractivity contribution in [1.29, 1.82) is 0 Å². The summed E-state index contributed by atoms with van der Waals surface area (Å²) in [5.74, 6) is 1.21. The van der Waals surface area contributed by atoms with E-state index in [9.17, 15) is 4.79 Å². The van der Waals surface area contributed by atoms with Gasteiger partial charge in [-0.1, -0.05) is 23.9 Å². The van der Waals surface area contributed by atoms with Gasteiger partial charge < -0.3 is 9.32 Å². The van der Waals surface area contributed by atoms with Crippen LogP contribution in [0, 0.1) is 6.92 Å². The Morgan fingerprint density at radius 3 is 2.88 bits per heavy atom. The topological polar surface area (TPSA) is 72.1 Å². The fourth-order valence-corrected chi connectivity index (χ4v) is 3.55. The van der Waals surface area contributed by atoms with E-state index in [-0.39, 0.29) is 5.91 Å². The molecule has 1 aromatic carbocycles. The van der Waals surface area contributed by atoms with E-state index in [0.29, 0.717) is 28.9 Å². The molecule has 2 aromatic heterocycles. The molecule has 3 rings (SSSR count). The molecule has 25 heavy (non-hydrogen) atoms. The fraction of sp³-hybridized carbons (Fsp3) is 0.294. The molecule has 6 nitrogen and oxygen atoms in total. The van der Waals surface area contributed by atoms with E-state index < -0.39 is 0 Å². The highest BCUT2D eigenvalue weighted by Gasteiger charge is 2.11. The Kier molecular flexibility index (Phi) is 5.50. The van der Waals surface area contributed by atoms with Crippen LogP contribution in [0.5, 0.6) is 0 Å². The van der Waals surface area contributed by atoms with Crippen LogP contribution < -0.4 is 0 Å². The predicted molar refractivity (Wildman–Crippen MR) is 98.0 cm³/mol. The van der Waals surface area contributed by atoms with Gasteiger partial charge >= 0.3 is 0 Å². The second kappa shape index (κ2) is 7.79. The van der Waals surface area contributed by atoms with E-state index in [2.05, 4.69) is 15.2 Å². The average molecular weight is 374 g/mol. The highest BCUT2D eigenvalue weighted by molar-refractivity contribution is 7.98. The third-order valence-corrected chi connectivity index (χ3v) is 5.10. The molecule has 2 heterocycles. The maximum absolute atomic E-state index is 12.0. The molecule has 1 amide bonds. The van der Waals surface area contributed by atoms with Crippen LogP contribution in [0.1, 0.15) is 32.5 Å². The van der Waals surface area contributed by atoms with Crippen molar-refractivity contribution in [3.05, 3.63) is 57.4 Å². The van der Waals surface area contributed by atoms with Gasteiger partial charge in [0.2, 0.25) is 5.89 Å². The van der Waals surface area contributed by atoms with Crippen LogP contribution in [-0.4, -0.2) is 40.1 Å². The first-order chi connectivity index (χ1) is 12.0. The highest BCUT2D eigenvalue weighted by Crippen LogP contribution is 2.23. The van der Waals surface area contributed by atoms with Crippen LogP contribution in [0.4, 0.5) is 0 Å². The molecule has 0 spiro atoms. The third-order valence-electron chi connectivity index (χ3n) is 3.39. The Bertz CT molecular complexity index is 873. The Hall–Kier alpha value is -2.19. The molecular formula is C17H18N4O2S2. The molecule has 0 aliphatic heterocycles. The Labute approximate surface area is 154 Å². The molecule has 0 aliphatic carbocycles. The van der Waals surface area contributed by atoms with Crippen LogP contribution in [0.3, 0.4) is 0 Å². The van der Waals surface area contributed by atoms with Crippen molar-refractivity contribution in [2.45, 2.75) is 24.3 Å². The van der Waals surface area contributed by atoms with Crippen molar-refractivity contribution in [3.63, 3.8) is 0 Å². The number of aryl methyl sites for hydroxylation is 1. The highest BCUT2D eigenvalue weighted by atomic mass is 32.2. The molecule has 0 unspecified atom stereocenters. The van der Waals surface area contributed by atoms with Crippen molar-refractivity contribution >= 4 is 29.0 Å². The van der Waals surface area contributed by atoms with Crippen molar-refractivity contribution in [1.82, 2.24) is 20.1 Å². The summed E-state index contributed by atoms with van der Waals surface area (Å²) in [6.07, 6.45) is 0.546. The second-order valence-electron chi connectivity index (χ2n) is 5.68. The van der Waals surface area contributed by atoms with E-state index in [1.807, 2.05) is 36.6 Å². The summed E-state index contributed by atoms with van der Waals surface area (Å²) in [6.45, 7) is 1.97. The zero-order valence-electron chi connectivity index (χ0n) is 14.2. The lowest BCUT2D eigenvalue weighted by Gasteiger charge is -2.10. The van der Waals surface area contributed by atoms with E-state index in [4.69, 9.17) is 4.42 Å². The van der Waals surface area contributed by atoms with Crippen molar-refractivity contribution < 1.29 is 9.21 Å². The van der Waals surface area contributed by atoms with Crippen LogP contribution in [0.2, 0.25) is 0 Å². The van der Waals surface area contributed by atoms with Gasteiger partial charge in [-0.05, 0) is 24.6 Å². The standard InChI is InChI=1S/C17H18N4O2S2/c1-11-18-14(10-24-11)8-15-19-20-17(23-15)25-9-12-5-4-6-13(7-12)16(22)21(2)3/h4-7,10H,8-9H2,1-3H3. The normalized spacial score (nSPS) is 10.8. The van der Waals surface area contributed by atoms with E-state index in [0.717, 1.165) is 16.3 Å². The molecule has 8 heteroatoms. The summed E-state index contributed by atoms with van der Waals surface area (Å²) in [5, 5.41) is 11.7. The van der Waals surface area contributed by atoms with E-state index >= 15 is 0 Å². The van der Waals surface area contributed by atoms with Gasteiger partial charge in [0, 0.05) is 30.8 Å². The lowest BCUT2D eigenvalue weighted by molar-refractivity contribution is 0.0827. The Balaban J connectivity index is 1.60. The summed E-state index contributed by atoms with van der Waals surface area (Å²) >= 11 is 3.06. The number of rotatable bonds is 6. The summed E-state index contributed by atoms with van der Waals surface area (Å²) in [5.41, 5.74) is 2.65. The molecule has 0 atom stereocenters. The molecule has 0 aliphatic rings. The molecule has 0 N–H and O–H groups in total. The van der Waals surface area contributed by atoms with Gasteiger partial charge in [-0.2, -0.15) is 0 Å². The number of hydrogen-bond acceptors (Lipinski definition) is 7. The number of aromatic nitrogens is 3. The number of hydrogen-bond donors (Lipinski definition) is 0. The Morgan fingerprint density at radius 2 is 2.16 bits per heavy atom. The smallest absolute Gasteiger partial charge is 0.276 e. The quantitative estimate of drug-likeness (QED) is 0.616. The minimum atomic E-state index is -0.00881. The van der Waals surface area contributed by atoms with Gasteiger partial charge in [-0.25, -0.2) is 4.98 Å². The van der Waals surface area contributed by atoms with Gasteiger partial charge in [0.1, 0.15) is 0 Å². The van der Waals surface area contributed by atoms with Crippen LogP contribution in [0.15, 0.2) is 39.3 Å². The number of thioether (sulfide) groups is 1. The third kappa shape index (κ3) is 4.67. The zero-order valence-corrected chi connectivity index (χ0v) is 15.9. The maximum atomic E-state index is 12.0. The largest absolute Gasteiger partial charge is 0.416 e. The zero-order chi connectivity index (χ0) is 17.8. The molecule has 0 radical (unpaired) electrons. The number of carbonyl (C=O) groups is 1. The minimum absolute atomic E-state index is 0.00881. The fourth-order valence-electron chi connectivity index (χ4n) is 2.21. The van der Waals surface area contributed by atoms with Crippen LogP contribution in [-0.2, 0) is 12.2 Å². The SMILES string of the molecule is Cc1nc(Cc2nnc(SCc3cccc(C(=O)N(C)C)c3)o2)cs1. The van der Waals surface area contributed by atoms with Crippen molar-refractivity contribution in [2.75, 3.05) is 14.1 Å². The lowest BCUT2D eigenvalue weighted by atomic mass is 10.1. The van der Waals surface area contributed by atoms with Gasteiger partial charge in [0.15, 0.2) is 0 Å². The summed E-state index contributed by atoms with van der Waals surface area (Å²) in [7, 11) is 3.49. The predicted octanol–water partition coefficient (Wildman–Crippen LogP) is 3.42. The number of benzene rings is 1. The second-order valence-corrected chi connectivity index (χ2v) is 7.67. The molecule has 130 valence electrons. The number of thiazole rings is 1. The van der Waals surface area contributed by atoms with Crippen molar-refractivity contribution in [3.8, 4) is 0 Å². The number of carbonyl (C=O) groups excluding carboxylic acids is 1. The summed E-state index contributed by atoms with van der Waals surface area (Å²) in [6, 6.07) is 7.58. The first-order valence-corrected chi connectivity index (χ1v) is 9.54. The number of amides is 1. The maximum Gasteiger partial charge on any atom is 0.276 e. The molecule has 0 saturated heterocycles. The average Bonchev–Trinajstić information content (AvgIpc) is 3.21. The van der Waals surface area contributed by atoms with E-state index in [1.54, 1.807) is 30.3 Å². The lowest BCUT2D eigenvalue weighted by Crippen LogP contribution is -2.21. The molecule has 0 saturated carbocycles. The first-order valence-electron chi connectivity index (χ1n) is 7.68. The Morgan fingerprint density at radius 1 is 1.32 bits per heavy atom. The monoisotopic (exact) mass is 374 g/mol. The van der Waals surface area contributed by atoms with Gasteiger partial charge in [0.25, 0.3) is 11.1 Å². The summed E-state index contributed by atoms with van der Waals surface area (Å²) in [4.78, 5) is 18.0. The summed E-state index contributed by atoms with van der Waals surface area (Å²) < 4.78 is 5.66. The van der Waals surface area contributed by atoms with Crippen LogP contribution >= 0.6 is 23.1 Å². The molecule has 0 bridgehead atoms. The molecule has 0 fully saturated rings. The number of nitrogens with zero attached hydrogens (tertiary/aromatic N) is 4. The van der Waals surface area contributed by atoms with Gasteiger partial charge in [-0.3, -0.25) is 4.79 Å². The minimum Gasteiger partial charge on any atom is -0.416 e.